The second-order valence-electron chi connectivity index (χ2n) is 8.20. The molecule has 2 atom stereocenters. The number of aryl methyl sites for hydroxylation is 2. The summed E-state index contributed by atoms with van der Waals surface area (Å²) in [5.41, 5.74) is 3.42. The van der Waals surface area contributed by atoms with Gasteiger partial charge in [0.05, 0.1) is 10.8 Å². The van der Waals surface area contributed by atoms with Gasteiger partial charge in [-0.2, -0.15) is 0 Å². The highest BCUT2D eigenvalue weighted by atomic mass is 32.2. The smallest absolute Gasteiger partial charge is 0.240 e. The Hall–Kier alpha value is -2.71. The van der Waals surface area contributed by atoms with E-state index in [1.807, 2.05) is 39.0 Å². The maximum absolute atomic E-state index is 12.7. The molecule has 1 heterocycles. The maximum atomic E-state index is 12.7. The van der Waals surface area contributed by atoms with Gasteiger partial charge in [-0.1, -0.05) is 13.0 Å². The van der Waals surface area contributed by atoms with Gasteiger partial charge in [0, 0.05) is 30.4 Å². The number of amides is 2. The Bertz CT molecular complexity index is 1060. The molecule has 2 N–H and O–H groups in total. The molecule has 166 valence electrons. The zero-order chi connectivity index (χ0) is 22.8. The van der Waals surface area contributed by atoms with Gasteiger partial charge in [-0.05, 0) is 74.7 Å². The van der Waals surface area contributed by atoms with Crippen LogP contribution in [0.3, 0.4) is 0 Å². The number of sulfonamides is 1. The predicted molar refractivity (Wildman–Crippen MR) is 122 cm³/mol. The van der Waals surface area contributed by atoms with Crippen LogP contribution in [0.4, 0.5) is 11.4 Å². The van der Waals surface area contributed by atoms with E-state index in [1.165, 1.54) is 12.1 Å². The van der Waals surface area contributed by atoms with E-state index in [0.717, 1.165) is 16.8 Å². The second-order valence-corrected chi connectivity index (χ2v) is 9.91. The lowest BCUT2D eigenvalue weighted by atomic mass is 10.1. The molecule has 0 aliphatic carbocycles. The van der Waals surface area contributed by atoms with Gasteiger partial charge in [0.1, 0.15) is 0 Å². The van der Waals surface area contributed by atoms with E-state index in [-0.39, 0.29) is 29.2 Å². The van der Waals surface area contributed by atoms with E-state index in [2.05, 4.69) is 10.0 Å². The Balaban J connectivity index is 1.66. The van der Waals surface area contributed by atoms with Crippen molar-refractivity contribution in [2.75, 3.05) is 16.8 Å². The molecule has 0 spiro atoms. The maximum Gasteiger partial charge on any atom is 0.240 e. The molecular weight excluding hydrogens is 414 g/mol. The highest BCUT2D eigenvalue weighted by Crippen LogP contribution is 2.28. The number of benzene rings is 2. The lowest BCUT2D eigenvalue weighted by molar-refractivity contribution is -0.122. The topological polar surface area (TPSA) is 95.6 Å². The summed E-state index contributed by atoms with van der Waals surface area (Å²) in [4.78, 5) is 27.0. The third-order valence-corrected chi connectivity index (χ3v) is 7.02. The van der Waals surface area contributed by atoms with Gasteiger partial charge in [-0.15, -0.1) is 0 Å². The van der Waals surface area contributed by atoms with Crippen LogP contribution in [-0.4, -0.2) is 32.8 Å². The van der Waals surface area contributed by atoms with Crippen molar-refractivity contribution in [1.29, 1.82) is 0 Å². The standard InChI is InChI=1S/C23H29N3O4S/c1-5-17(4)25-31(29,30)21-8-6-19(7-9-21)24-23(28)18-13-22(27)26(14-18)20-11-15(2)10-16(3)12-20/h6-12,17-18,25H,5,13-14H2,1-4H3,(H,24,28). The van der Waals surface area contributed by atoms with Gasteiger partial charge >= 0.3 is 0 Å². The van der Waals surface area contributed by atoms with Crippen LogP contribution in [0.1, 0.15) is 37.8 Å². The van der Waals surface area contributed by atoms with Crippen LogP contribution in [0.5, 0.6) is 0 Å². The fourth-order valence-corrected chi connectivity index (χ4v) is 4.94. The van der Waals surface area contributed by atoms with Crippen molar-refractivity contribution in [3.05, 3.63) is 53.6 Å². The Morgan fingerprint density at radius 1 is 1.13 bits per heavy atom. The summed E-state index contributed by atoms with van der Waals surface area (Å²) in [7, 11) is -3.60. The van der Waals surface area contributed by atoms with Gasteiger partial charge in [0.2, 0.25) is 21.8 Å². The first-order valence-electron chi connectivity index (χ1n) is 10.4. The quantitative estimate of drug-likeness (QED) is 0.686. The fraction of sp³-hybridized carbons (Fsp3) is 0.391. The minimum absolute atomic E-state index is 0.0808. The van der Waals surface area contributed by atoms with Gasteiger partial charge in [0.15, 0.2) is 0 Å². The van der Waals surface area contributed by atoms with Crippen LogP contribution in [-0.2, 0) is 19.6 Å². The minimum atomic E-state index is -3.60. The Morgan fingerprint density at radius 3 is 2.32 bits per heavy atom. The normalized spacial score (nSPS) is 17.6. The molecule has 0 saturated carbocycles. The van der Waals surface area contributed by atoms with Crippen molar-refractivity contribution >= 4 is 33.2 Å². The summed E-state index contributed by atoms with van der Waals surface area (Å²) < 4.78 is 27.3. The second kappa shape index (κ2) is 9.20. The van der Waals surface area contributed by atoms with Gasteiger partial charge in [0.25, 0.3) is 0 Å². The number of hydrogen-bond acceptors (Lipinski definition) is 4. The van der Waals surface area contributed by atoms with Crippen LogP contribution in [0, 0.1) is 19.8 Å². The number of carbonyl (C=O) groups excluding carboxylic acids is 2. The highest BCUT2D eigenvalue weighted by molar-refractivity contribution is 7.89. The van der Waals surface area contributed by atoms with Crippen LogP contribution in [0.2, 0.25) is 0 Å². The molecule has 8 heteroatoms. The number of carbonyl (C=O) groups is 2. The Labute approximate surface area is 183 Å². The third kappa shape index (κ3) is 5.51. The molecule has 3 rings (SSSR count). The average molecular weight is 444 g/mol. The highest BCUT2D eigenvalue weighted by Gasteiger charge is 2.35. The molecule has 0 aromatic heterocycles. The van der Waals surface area contributed by atoms with Gasteiger partial charge in [-0.3, -0.25) is 9.59 Å². The zero-order valence-corrected chi connectivity index (χ0v) is 19.1. The van der Waals surface area contributed by atoms with Crippen LogP contribution >= 0.6 is 0 Å². The van der Waals surface area contributed by atoms with Crippen LogP contribution in [0.25, 0.3) is 0 Å². The molecule has 0 radical (unpaired) electrons. The summed E-state index contributed by atoms with van der Waals surface area (Å²) in [5, 5.41) is 2.80. The SMILES string of the molecule is CCC(C)NS(=O)(=O)c1ccc(NC(=O)C2CC(=O)N(c3cc(C)cc(C)c3)C2)cc1. The van der Waals surface area contributed by atoms with Crippen LogP contribution in [0.15, 0.2) is 47.4 Å². The minimum Gasteiger partial charge on any atom is -0.326 e. The predicted octanol–water partition coefficient (Wildman–Crippen LogP) is 3.37. The Morgan fingerprint density at radius 2 is 1.74 bits per heavy atom. The number of hydrogen-bond donors (Lipinski definition) is 2. The lowest BCUT2D eigenvalue weighted by Crippen LogP contribution is -2.32. The third-order valence-electron chi connectivity index (χ3n) is 5.41. The van der Waals surface area contributed by atoms with Gasteiger partial charge in [-0.25, -0.2) is 13.1 Å². The molecule has 7 nitrogen and oxygen atoms in total. The molecule has 1 fully saturated rings. The Kier molecular flexibility index (Phi) is 6.81. The molecule has 1 saturated heterocycles. The number of rotatable bonds is 7. The molecular formula is C23H29N3O4S. The van der Waals surface area contributed by atoms with E-state index in [1.54, 1.807) is 24.0 Å². The van der Waals surface area contributed by atoms with E-state index in [4.69, 9.17) is 0 Å². The summed E-state index contributed by atoms with van der Waals surface area (Å²) in [6, 6.07) is 11.8. The van der Waals surface area contributed by atoms with Gasteiger partial charge < -0.3 is 10.2 Å². The number of nitrogens with zero attached hydrogens (tertiary/aromatic N) is 1. The largest absolute Gasteiger partial charge is 0.326 e. The molecule has 2 unspecified atom stereocenters. The molecule has 2 aromatic rings. The van der Waals surface area contributed by atoms with Crippen molar-refractivity contribution in [2.24, 2.45) is 5.92 Å². The average Bonchev–Trinajstić information content (AvgIpc) is 3.09. The van der Waals surface area contributed by atoms with Crippen molar-refractivity contribution in [1.82, 2.24) is 4.72 Å². The fourth-order valence-electron chi connectivity index (χ4n) is 3.62. The molecule has 31 heavy (non-hydrogen) atoms. The molecule has 2 aromatic carbocycles. The lowest BCUT2D eigenvalue weighted by Gasteiger charge is -2.18. The molecule has 2 amide bonds. The summed E-state index contributed by atoms with van der Waals surface area (Å²) in [5.74, 6) is -0.805. The van der Waals surface area contributed by atoms with Crippen molar-refractivity contribution in [2.45, 2.75) is 51.5 Å². The summed E-state index contributed by atoms with van der Waals surface area (Å²) in [6.45, 7) is 7.98. The summed E-state index contributed by atoms with van der Waals surface area (Å²) in [6.07, 6.45) is 0.830. The molecule has 0 bridgehead atoms. The van der Waals surface area contributed by atoms with Crippen LogP contribution < -0.4 is 14.9 Å². The first kappa shape index (κ1) is 23.0. The van der Waals surface area contributed by atoms with Crippen molar-refractivity contribution in [3.8, 4) is 0 Å². The monoisotopic (exact) mass is 443 g/mol. The van der Waals surface area contributed by atoms with E-state index in [0.29, 0.717) is 18.7 Å². The van der Waals surface area contributed by atoms with E-state index >= 15 is 0 Å². The number of anilines is 2. The molecule has 1 aliphatic rings. The van der Waals surface area contributed by atoms with Crippen molar-refractivity contribution in [3.63, 3.8) is 0 Å². The van der Waals surface area contributed by atoms with Crippen molar-refractivity contribution < 1.29 is 18.0 Å². The zero-order valence-electron chi connectivity index (χ0n) is 18.3. The molecule has 1 aliphatic heterocycles. The number of nitrogens with one attached hydrogen (secondary N) is 2. The van der Waals surface area contributed by atoms with E-state index < -0.39 is 15.9 Å². The first-order chi connectivity index (χ1) is 14.6. The van der Waals surface area contributed by atoms with E-state index in [9.17, 15) is 18.0 Å². The summed E-state index contributed by atoms with van der Waals surface area (Å²) >= 11 is 0. The first-order valence-corrected chi connectivity index (χ1v) is 11.9.